The number of nitrogens with one attached hydrogen (secondary N) is 1. The van der Waals surface area contributed by atoms with Gasteiger partial charge in [0.25, 0.3) is 0 Å². The van der Waals surface area contributed by atoms with E-state index in [1.165, 1.54) is 0 Å². The van der Waals surface area contributed by atoms with Crippen molar-refractivity contribution in [3.8, 4) is 0 Å². The molecule has 0 bridgehead atoms. The van der Waals surface area contributed by atoms with Crippen LogP contribution >= 0.6 is 24.8 Å². The highest BCUT2D eigenvalue weighted by Gasteiger charge is 2.15. The van der Waals surface area contributed by atoms with E-state index >= 15 is 0 Å². The molecule has 26 heavy (non-hydrogen) atoms. The van der Waals surface area contributed by atoms with Crippen LogP contribution in [0.15, 0.2) is 52.9 Å². The Bertz CT molecular complexity index is 685. The van der Waals surface area contributed by atoms with E-state index in [9.17, 15) is 0 Å². The summed E-state index contributed by atoms with van der Waals surface area (Å²) in [6.07, 6.45) is 3.25. The van der Waals surface area contributed by atoms with E-state index in [0.717, 1.165) is 17.9 Å². The van der Waals surface area contributed by atoms with Crippen LogP contribution < -0.4 is 10.6 Å². The molecule has 1 aromatic carbocycles. The predicted octanol–water partition coefficient (Wildman–Crippen LogP) is 3.22. The number of hydrogen-bond donors (Lipinski definition) is 3. The molecule has 0 fully saturated rings. The van der Waals surface area contributed by atoms with Crippen LogP contribution in [0.2, 0.25) is 0 Å². The fourth-order valence-electron chi connectivity index (χ4n) is 2.43. The molecule has 144 valence electrons. The maximum absolute atomic E-state index is 9.10. The number of benzene rings is 1. The second-order valence-electron chi connectivity index (χ2n) is 5.27. The zero-order valence-electron chi connectivity index (χ0n) is 14.9. The Morgan fingerprint density at radius 2 is 1.81 bits per heavy atom. The quantitative estimate of drug-likeness (QED) is 0.612. The lowest BCUT2D eigenvalue weighted by Gasteiger charge is -2.22. The van der Waals surface area contributed by atoms with Crippen molar-refractivity contribution in [2.75, 3.05) is 31.2 Å². The molecule has 0 radical (unpaired) electrons. The van der Waals surface area contributed by atoms with E-state index in [0.29, 0.717) is 30.3 Å². The maximum atomic E-state index is 9.10. The molecule has 1 aromatic rings. The van der Waals surface area contributed by atoms with Crippen molar-refractivity contribution < 1.29 is 9.84 Å². The van der Waals surface area contributed by atoms with Gasteiger partial charge in [-0.15, -0.1) is 24.8 Å². The molecular formula is C18H26Cl2N4O2. The summed E-state index contributed by atoms with van der Waals surface area (Å²) in [5.41, 5.74) is 9.07. The smallest absolute Gasteiger partial charge is 0.146 e. The SMILES string of the molecule is CCOC1=C/C(=N/c2ccc(N(CC)CCO)cc2)C(N)=CC1=N.Cl.Cl. The lowest BCUT2D eigenvalue weighted by Crippen LogP contribution is -2.25. The lowest BCUT2D eigenvalue weighted by molar-refractivity contribution is 0.250. The summed E-state index contributed by atoms with van der Waals surface area (Å²) in [6.45, 7) is 5.95. The Morgan fingerprint density at radius 3 is 2.35 bits per heavy atom. The standard InChI is InChI=1S/C18H24N4O2.2ClH/c1-3-22(9-10-23)14-7-5-13(6-8-14)21-17-12-18(24-4-2)16(20)11-15(17)19;;/h5-8,11-12,20,23H,3-4,9-10,19H2,1-2H3;2*1H/b20-16?,21-17-;;. The highest BCUT2D eigenvalue weighted by molar-refractivity contribution is 6.22. The number of nitrogens with two attached hydrogens (primary N) is 1. The van der Waals surface area contributed by atoms with Crippen molar-refractivity contribution in [3.05, 3.63) is 47.9 Å². The number of hydrogen-bond acceptors (Lipinski definition) is 6. The first kappa shape index (κ1) is 24.0. The minimum Gasteiger partial charge on any atom is -0.492 e. The average molecular weight is 401 g/mol. The van der Waals surface area contributed by atoms with E-state index < -0.39 is 0 Å². The zero-order chi connectivity index (χ0) is 17.5. The van der Waals surface area contributed by atoms with Crippen molar-refractivity contribution in [1.29, 1.82) is 5.41 Å². The van der Waals surface area contributed by atoms with Crippen LogP contribution in [0.5, 0.6) is 0 Å². The Kier molecular flexibility index (Phi) is 10.7. The second-order valence-corrected chi connectivity index (χ2v) is 5.27. The maximum Gasteiger partial charge on any atom is 0.146 e. The molecule has 6 nitrogen and oxygen atoms in total. The average Bonchev–Trinajstić information content (AvgIpc) is 2.58. The van der Waals surface area contributed by atoms with Crippen LogP contribution in [0.4, 0.5) is 11.4 Å². The molecule has 1 aliphatic carbocycles. The number of halogens is 2. The van der Waals surface area contributed by atoms with Gasteiger partial charge < -0.3 is 20.5 Å². The van der Waals surface area contributed by atoms with Gasteiger partial charge in [-0.25, -0.2) is 4.99 Å². The zero-order valence-corrected chi connectivity index (χ0v) is 16.6. The molecule has 4 N–H and O–H groups in total. The second kappa shape index (κ2) is 11.6. The summed E-state index contributed by atoms with van der Waals surface area (Å²) in [5.74, 6) is 0.474. The summed E-state index contributed by atoms with van der Waals surface area (Å²) in [7, 11) is 0. The fourth-order valence-corrected chi connectivity index (χ4v) is 2.43. The van der Waals surface area contributed by atoms with Crippen molar-refractivity contribution >= 4 is 47.6 Å². The normalized spacial score (nSPS) is 14.7. The van der Waals surface area contributed by atoms with Crippen LogP contribution in [0, 0.1) is 5.41 Å². The summed E-state index contributed by atoms with van der Waals surface area (Å²) < 4.78 is 5.43. The third-order valence-electron chi connectivity index (χ3n) is 3.64. The van der Waals surface area contributed by atoms with Crippen molar-refractivity contribution in [3.63, 3.8) is 0 Å². The predicted molar refractivity (Wildman–Crippen MR) is 113 cm³/mol. The lowest BCUT2D eigenvalue weighted by atomic mass is 10.1. The fraction of sp³-hybridized carbons (Fsp3) is 0.333. The van der Waals surface area contributed by atoms with Gasteiger partial charge in [0.05, 0.1) is 36.0 Å². The van der Waals surface area contributed by atoms with Gasteiger partial charge >= 0.3 is 0 Å². The van der Waals surface area contributed by atoms with Crippen molar-refractivity contribution in [1.82, 2.24) is 0 Å². The number of rotatable bonds is 7. The first-order valence-corrected chi connectivity index (χ1v) is 8.04. The summed E-state index contributed by atoms with van der Waals surface area (Å²) in [5, 5.41) is 17.0. The number of aliphatic hydroxyl groups is 1. The summed E-state index contributed by atoms with van der Waals surface area (Å²) in [6, 6.07) is 7.75. The number of allylic oxidation sites excluding steroid dienone is 2. The molecule has 0 aromatic heterocycles. The molecule has 0 amide bonds. The molecule has 0 spiro atoms. The molecule has 0 saturated heterocycles. The molecule has 0 aliphatic heterocycles. The van der Waals surface area contributed by atoms with E-state index in [-0.39, 0.29) is 37.1 Å². The van der Waals surface area contributed by atoms with Gasteiger partial charge in [-0.3, -0.25) is 5.41 Å². The number of likely N-dealkylation sites (N-methyl/N-ethyl adjacent to an activating group) is 1. The van der Waals surface area contributed by atoms with Gasteiger partial charge in [-0.2, -0.15) is 0 Å². The number of anilines is 1. The Balaban J connectivity index is 0.00000312. The van der Waals surface area contributed by atoms with Crippen LogP contribution in [0.1, 0.15) is 13.8 Å². The molecule has 2 rings (SSSR count). The van der Waals surface area contributed by atoms with Crippen molar-refractivity contribution in [2.45, 2.75) is 13.8 Å². The molecule has 1 aliphatic rings. The minimum atomic E-state index is 0. The van der Waals surface area contributed by atoms with Crippen LogP contribution in [-0.2, 0) is 4.74 Å². The van der Waals surface area contributed by atoms with Crippen LogP contribution in [0.25, 0.3) is 0 Å². The largest absolute Gasteiger partial charge is 0.492 e. The Morgan fingerprint density at radius 1 is 1.15 bits per heavy atom. The van der Waals surface area contributed by atoms with E-state index in [1.54, 1.807) is 12.2 Å². The van der Waals surface area contributed by atoms with Gasteiger partial charge in [0.15, 0.2) is 0 Å². The van der Waals surface area contributed by atoms with E-state index in [2.05, 4.69) is 9.89 Å². The highest BCUT2D eigenvalue weighted by atomic mass is 35.5. The minimum absolute atomic E-state index is 0. The highest BCUT2D eigenvalue weighted by Crippen LogP contribution is 2.22. The monoisotopic (exact) mass is 400 g/mol. The molecule has 0 saturated carbocycles. The number of aliphatic hydroxyl groups excluding tert-OH is 1. The van der Waals surface area contributed by atoms with E-state index in [1.807, 2.05) is 38.1 Å². The molecule has 0 atom stereocenters. The van der Waals surface area contributed by atoms with Gasteiger partial charge in [0, 0.05) is 24.9 Å². The van der Waals surface area contributed by atoms with Crippen LogP contribution in [0.3, 0.4) is 0 Å². The van der Waals surface area contributed by atoms with Gasteiger partial charge in [-0.05, 0) is 44.2 Å². The summed E-state index contributed by atoms with van der Waals surface area (Å²) >= 11 is 0. The first-order valence-electron chi connectivity index (χ1n) is 8.04. The van der Waals surface area contributed by atoms with Crippen LogP contribution in [-0.4, -0.2) is 42.8 Å². The first-order chi connectivity index (χ1) is 11.6. The topological polar surface area (TPSA) is 94.9 Å². The van der Waals surface area contributed by atoms with E-state index in [4.69, 9.17) is 21.0 Å². The third kappa shape index (κ3) is 6.05. The van der Waals surface area contributed by atoms with Crippen molar-refractivity contribution in [2.24, 2.45) is 10.7 Å². The molecular weight excluding hydrogens is 375 g/mol. The molecule has 0 heterocycles. The number of nitrogens with zero attached hydrogens (tertiary/aromatic N) is 2. The summed E-state index contributed by atoms with van der Waals surface area (Å²) in [4.78, 5) is 6.62. The molecule has 8 heteroatoms. The van der Waals surface area contributed by atoms with Gasteiger partial charge in [-0.1, -0.05) is 0 Å². The molecule has 0 unspecified atom stereocenters. The Hall–Kier alpha value is -2.02. The third-order valence-corrected chi connectivity index (χ3v) is 3.64. The Labute approximate surface area is 166 Å². The van der Waals surface area contributed by atoms with Gasteiger partial charge in [0.1, 0.15) is 5.76 Å². The van der Waals surface area contributed by atoms with Gasteiger partial charge in [0.2, 0.25) is 0 Å². The number of aliphatic imine (C=N–C) groups is 1. The number of ether oxygens (including phenoxy) is 1.